The minimum absolute atomic E-state index is 0.00790. The van der Waals surface area contributed by atoms with E-state index in [1.165, 1.54) is 17.7 Å². The number of halogens is 3. The highest BCUT2D eigenvalue weighted by molar-refractivity contribution is 5.70. The molecule has 6 rings (SSSR count). The zero-order valence-corrected chi connectivity index (χ0v) is 34.9. The highest BCUT2D eigenvalue weighted by Gasteiger charge is 2.31. The molecule has 0 spiro atoms. The topological polar surface area (TPSA) is 55.4 Å². The second-order valence-electron chi connectivity index (χ2n) is 14.4. The van der Waals surface area contributed by atoms with Gasteiger partial charge in [0, 0.05) is 37.9 Å². The summed E-state index contributed by atoms with van der Waals surface area (Å²) in [5, 5.41) is 3.48. The van der Waals surface area contributed by atoms with Crippen LogP contribution in [0.2, 0.25) is 0 Å². The third kappa shape index (κ3) is 11.0. The van der Waals surface area contributed by atoms with E-state index in [2.05, 4.69) is 88.0 Å². The summed E-state index contributed by atoms with van der Waals surface area (Å²) in [6, 6.07) is 23.3. The fourth-order valence-electron chi connectivity index (χ4n) is 7.84. The van der Waals surface area contributed by atoms with Crippen molar-refractivity contribution in [2.75, 3.05) is 45.9 Å². The summed E-state index contributed by atoms with van der Waals surface area (Å²) in [6.45, 7) is 15.3. The number of hydrogen-bond donors (Lipinski definition) is 1. The quantitative estimate of drug-likeness (QED) is 0.129. The number of anilines is 1. The van der Waals surface area contributed by atoms with Crippen molar-refractivity contribution in [3.05, 3.63) is 131 Å². The normalized spacial score (nSPS) is 15.7. The lowest BCUT2D eigenvalue weighted by atomic mass is 9.95. The maximum atomic E-state index is 13.0. The number of aryl methyl sites for hydroxylation is 1. The lowest BCUT2D eigenvalue weighted by Gasteiger charge is -2.40. The van der Waals surface area contributed by atoms with Gasteiger partial charge >= 0.3 is 6.36 Å². The highest BCUT2D eigenvalue weighted by Crippen LogP contribution is 2.38. The molecule has 58 heavy (non-hydrogen) atoms. The van der Waals surface area contributed by atoms with Gasteiger partial charge in [0.1, 0.15) is 11.5 Å². The van der Waals surface area contributed by atoms with Crippen LogP contribution in [-0.4, -0.2) is 58.3 Å². The Balaban J connectivity index is 0.00000315. The second kappa shape index (κ2) is 20.4. The van der Waals surface area contributed by atoms with Gasteiger partial charge in [0.05, 0.1) is 27.4 Å². The molecular formula is C48H58F3N3O4. The van der Waals surface area contributed by atoms with Gasteiger partial charge in [0.25, 0.3) is 0 Å². The van der Waals surface area contributed by atoms with Crippen LogP contribution in [0.5, 0.6) is 23.0 Å². The fraction of sp³-hybridized carbons (Fsp3) is 0.375. The van der Waals surface area contributed by atoms with E-state index < -0.39 is 6.36 Å². The number of likely N-dealkylation sites (tertiary alicyclic amines) is 1. The maximum Gasteiger partial charge on any atom is 0.573 e. The summed E-state index contributed by atoms with van der Waals surface area (Å²) < 4.78 is 60.4. The Morgan fingerprint density at radius 2 is 1.62 bits per heavy atom. The van der Waals surface area contributed by atoms with Crippen LogP contribution in [0.15, 0.2) is 103 Å². The van der Waals surface area contributed by atoms with E-state index >= 15 is 0 Å². The number of nitrogens with zero attached hydrogens (tertiary/aromatic N) is 2. The average Bonchev–Trinajstić information content (AvgIpc) is 3.23. The molecule has 0 radical (unpaired) electrons. The standard InChI is InChI=1S/C46H52F3N3O4.C2H6/c1-7-10-36-26-37(27-44(54-5)45(36)55-6)35-12-9-11-32(23-35)30-52(39-13-15-41(16-14-39)56-46(47,48)49)40-18-21-51(22-19-40)29-33-17-20-50-42(24-33)38-25-34(8-2)31(3)43(28-38)53-4;1-2/h8-9,11-17,20,23-28,40,42,50H,2,7,10,18-19,21-22,29-30H2,1,3-6H3;1-2H3. The summed E-state index contributed by atoms with van der Waals surface area (Å²) >= 11 is 0. The number of dihydropyridines is 1. The molecule has 1 unspecified atom stereocenters. The molecule has 1 fully saturated rings. The summed E-state index contributed by atoms with van der Waals surface area (Å²) in [6.07, 6.45) is 7.15. The number of rotatable bonds is 15. The SMILES string of the molecule is C=Cc1cc(C2C=C(CN3CCC(N(Cc4cccc(-c5cc(CCC)c(OC)c(OC)c5)c4)c4ccc(OC(F)(F)F)cc4)CC3)C=CN2)cc(OC)c1C.CC. The highest BCUT2D eigenvalue weighted by atomic mass is 19.4. The lowest BCUT2D eigenvalue weighted by Crippen LogP contribution is -2.45. The smallest absolute Gasteiger partial charge is 0.496 e. The number of benzene rings is 4. The summed E-state index contributed by atoms with van der Waals surface area (Å²) in [7, 11) is 5.01. The van der Waals surface area contributed by atoms with Gasteiger partial charge in [-0.15, -0.1) is 13.2 Å². The average molecular weight is 798 g/mol. The Kier molecular flexibility index (Phi) is 15.4. The molecule has 2 aliphatic rings. The first-order valence-corrected chi connectivity index (χ1v) is 20.2. The third-order valence-electron chi connectivity index (χ3n) is 10.7. The first-order valence-electron chi connectivity index (χ1n) is 20.2. The molecule has 4 aromatic carbocycles. The van der Waals surface area contributed by atoms with E-state index in [1.807, 2.05) is 39.1 Å². The van der Waals surface area contributed by atoms with Crippen LogP contribution in [0.4, 0.5) is 18.9 Å². The van der Waals surface area contributed by atoms with Gasteiger partial charge in [-0.3, -0.25) is 4.90 Å². The predicted octanol–water partition coefficient (Wildman–Crippen LogP) is 11.5. The minimum atomic E-state index is -4.75. The van der Waals surface area contributed by atoms with Gasteiger partial charge in [-0.2, -0.15) is 0 Å². The summed E-state index contributed by atoms with van der Waals surface area (Å²) in [4.78, 5) is 4.80. The number of methoxy groups -OCH3 is 3. The predicted molar refractivity (Wildman–Crippen MR) is 230 cm³/mol. The fourth-order valence-corrected chi connectivity index (χ4v) is 7.84. The Morgan fingerprint density at radius 1 is 0.897 bits per heavy atom. The maximum absolute atomic E-state index is 13.0. The van der Waals surface area contributed by atoms with Crippen LogP contribution in [-0.2, 0) is 13.0 Å². The summed E-state index contributed by atoms with van der Waals surface area (Å²) in [5.74, 6) is 2.05. The van der Waals surface area contributed by atoms with Crippen LogP contribution >= 0.6 is 0 Å². The van der Waals surface area contributed by atoms with Crippen molar-refractivity contribution in [3.63, 3.8) is 0 Å². The molecule has 2 aliphatic heterocycles. The number of piperidine rings is 1. The van der Waals surface area contributed by atoms with Gasteiger partial charge in [-0.1, -0.05) is 64.1 Å². The molecule has 2 heterocycles. The largest absolute Gasteiger partial charge is 0.573 e. The van der Waals surface area contributed by atoms with E-state index in [1.54, 1.807) is 33.5 Å². The summed E-state index contributed by atoms with van der Waals surface area (Å²) in [5.41, 5.74) is 9.58. The van der Waals surface area contributed by atoms with E-state index in [0.717, 1.165) is 101 Å². The first-order chi connectivity index (χ1) is 28.0. The molecule has 7 nitrogen and oxygen atoms in total. The van der Waals surface area contributed by atoms with Gasteiger partial charge in [0.15, 0.2) is 11.5 Å². The molecule has 0 saturated carbocycles. The van der Waals surface area contributed by atoms with Crippen molar-refractivity contribution in [1.29, 1.82) is 0 Å². The van der Waals surface area contributed by atoms with Crippen LogP contribution in [0.25, 0.3) is 17.2 Å². The molecule has 0 aliphatic carbocycles. The molecule has 1 saturated heterocycles. The number of ether oxygens (including phenoxy) is 4. The number of hydrogen-bond acceptors (Lipinski definition) is 7. The van der Waals surface area contributed by atoms with E-state index in [4.69, 9.17) is 14.2 Å². The Morgan fingerprint density at radius 3 is 2.26 bits per heavy atom. The molecule has 310 valence electrons. The van der Waals surface area contributed by atoms with Crippen LogP contribution in [0.1, 0.15) is 73.9 Å². The molecule has 0 bridgehead atoms. The van der Waals surface area contributed by atoms with Crippen molar-refractivity contribution in [2.24, 2.45) is 0 Å². The minimum Gasteiger partial charge on any atom is -0.496 e. The Hall–Kier alpha value is -5.35. The van der Waals surface area contributed by atoms with Crippen molar-refractivity contribution in [2.45, 2.75) is 78.4 Å². The van der Waals surface area contributed by atoms with Crippen LogP contribution < -0.4 is 29.2 Å². The Labute approximate surface area is 342 Å². The first kappa shape index (κ1) is 43.8. The monoisotopic (exact) mass is 797 g/mol. The molecule has 1 atom stereocenters. The van der Waals surface area contributed by atoms with Gasteiger partial charge in [-0.25, -0.2) is 0 Å². The van der Waals surface area contributed by atoms with Gasteiger partial charge in [-0.05, 0) is 138 Å². The molecule has 0 aromatic heterocycles. The van der Waals surface area contributed by atoms with Crippen molar-refractivity contribution in [3.8, 4) is 34.1 Å². The van der Waals surface area contributed by atoms with Crippen molar-refractivity contribution >= 4 is 11.8 Å². The van der Waals surface area contributed by atoms with E-state index in [-0.39, 0.29) is 17.8 Å². The number of nitrogens with one attached hydrogen (secondary N) is 1. The molecule has 1 N–H and O–H groups in total. The van der Waals surface area contributed by atoms with Crippen LogP contribution in [0.3, 0.4) is 0 Å². The Bertz CT molecular complexity index is 2040. The molecular weight excluding hydrogens is 740 g/mol. The molecule has 10 heteroatoms. The van der Waals surface area contributed by atoms with Crippen molar-refractivity contribution in [1.82, 2.24) is 10.2 Å². The molecule has 0 amide bonds. The second-order valence-corrected chi connectivity index (χ2v) is 14.4. The van der Waals surface area contributed by atoms with Crippen molar-refractivity contribution < 1.29 is 32.1 Å². The van der Waals surface area contributed by atoms with Gasteiger partial charge in [0.2, 0.25) is 0 Å². The zero-order chi connectivity index (χ0) is 41.8. The lowest BCUT2D eigenvalue weighted by molar-refractivity contribution is -0.274. The molecule has 4 aromatic rings. The van der Waals surface area contributed by atoms with E-state index in [9.17, 15) is 13.2 Å². The third-order valence-corrected chi connectivity index (χ3v) is 10.7. The van der Waals surface area contributed by atoms with E-state index in [0.29, 0.717) is 12.3 Å². The van der Waals surface area contributed by atoms with Gasteiger partial charge < -0.3 is 29.2 Å². The van der Waals surface area contributed by atoms with Crippen LogP contribution in [0, 0.1) is 6.92 Å². The number of alkyl halides is 3. The zero-order valence-electron chi connectivity index (χ0n) is 34.9.